The van der Waals surface area contributed by atoms with Crippen LogP contribution in [-0.4, -0.2) is 37.6 Å². The van der Waals surface area contributed by atoms with E-state index in [1.807, 2.05) is 24.4 Å². The van der Waals surface area contributed by atoms with Gasteiger partial charge in [0.1, 0.15) is 0 Å². The lowest BCUT2D eigenvalue weighted by molar-refractivity contribution is 0.756. The number of rotatable bonds is 9. The number of benzene rings is 1. The van der Waals surface area contributed by atoms with Crippen molar-refractivity contribution >= 4 is 23.0 Å². The van der Waals surface area contributed by atoms with Gasteiger partial charge in [-0.15, -0.1) is 11.3 Å². The molecule has 2 aromatic rings. The van der Waals surface area contributed by atoms with Crippen molar-refractivity contribution in [3.8, 4) is 0 Å². The summed E-state index contributed by atoms with van der Waals surface area (Å²) >= 11 is 1.79. The number of nitrogens with one attached hydrogen (secondary N) is 3. The van der Waals surface area contributed by atoms with E-state index in [9.17, 15) is 0 Å². The summed E-state index contributed by atoms with van der Waals surface area (Å²) in [5.74, 6) is 0.849. The van der Waals surface area contributed by atoms with Crippen LogP contribution >= 0.6 is 11.3 Å². The molecule has 24 heavy (non-hydrogen) atoms. The molecular weight excluding hydrogens is 318 g/mol. The third-order valence-electron chi connectivity index (χ3n) is 3.55. The Labute approximate surface area is 148 Å². The van der Waals surface area contributed by atoms with Crippen LogP contribution in [0, 0.1) is 0 Å². The van der Waals surface area contributed by atoms with Gasteiger partial charge < -0.3 is 16.0 Å². The highest BCUT2D eigenvalue weighted by Crippen LogP contribution is 2.13. The zero-order valence-corrected chi connectivity index (χ0v) is 15.3. The third-order valence-corrected chi connectivity index (χ3v) is 4.76. The average Bonchev–Trinajstić information content (AvgIpc) is 3.09. The lowest BCUT2D eigenvalue weighted by Gasteiger charge is -2.12. The van der Waals surface area contributed by atoms with Gasteiger partial charge in [0.2, 0.25) is 0 Å². The molecule has 0 unspecified atom stereocenters. The number of hydrogen-bond acceptors (Lipinski definition) is 4. The second-order valence-corrected chi connectivity index (χ2v) is 6.60. The van der Waals surface area contributed by atoms with Crippen molar-refractivity contribution in [2.24, 2.45) is 4.99 Å². The first kappa shape index (κ1) is 18.3. The van der Waals surface area contributed by atoms with Crippen LogP contribution in [0.2, 0.25) is 0 Å². The van der Waals surface area contributed by atoms with Gasteiger partial charge in [0.25, 0.3) is 0 Å². The number of hydrogen-bond donors (Lipinski definition) is 3. The zero-order valence-electron chi connectivity index (χ0n) is 14.5. The minimum atomic E-state index is 0.846. The van der Waals surface area contributed by atoms with Crippen molar-refractivity contribution in [1.29, 1.82) is 0 Å². The van der Waals surface area contributed by atoms with E-state index in [-0.39, 0.29) is 0 Å². The van der Waals surface area contributed by atoms with Gasteiger partial charge in [-0.25, -0.2) is 4.98 Å². The predicted molar refractivity (Wildman–Crippen MR) is 104 cm³/mol. The lowest BCUT2D eigenvalue weighted by Crippen LogP contribution is -2.39. The number of anilines is 1. The number of aromatic nitrogens is 1. The van der Waals surface area contributed by atoms with E-state index >= 15 is 0 Å². The Hall–Kier alpha value is -2.08. The maximum atomic E-state index is 4.43. The molecule has 0 aliphatic carbocycles. The third kappa shape index (κ3) is 6.58. The molecule has 0 spiro atoms. The summed E-state index contributed by atoms with van der Waals surface area (Å²) in [5, 5.41) is 11.3. The topological polar surface area (TPSA) is 61.3 Å². The maximum Gasteiger partial charge on any atom is 0.190 e. The highest BCUT2D eigenvalue weighted by molar-refractivity contribution is 7.11. The first-order valence-electron chi connectivity index (χ1n) is 8.49. The Morgan fingerprint density at radius 3 is 2.62 bits per heavy atom. The molecule has 0 aliphatic heterocycles. The number of aliphatic imine (C=N–C) groups is 1. The molecule has 1 aromatic heterocycles. The van der Waals surface area contributed by atoms with Crippen LogP contribution in [-0.2, 0) is 12.8 Å². The fraction of sp³-hybridized carbons (Fsp3) is 0.444. The minimum Gasteiger partial charge on any atom is -0.385 e. The molecule has 5 nitrogen and oxygen atoms in total. The van der Waals surface area contributed by atoms with E-state index < -0.39 is 0 Å². The van der Waals surface area contributed by atoms with Gasteiger partial charge in [0, 0.05) is 49.9 Å². The Kier molecular flexibility index (Phi) is 8.10. The largest absolute Gasteiger partial charge is 0.385 e. The van der Waals surface area contributed by atoms with Crippen LogP contribution < -0.4 is 16.0 Å². The molecule has 0 bridgehead atoms. The number of thiazole rings is 1. The van der Waals surface area contributed by atoms with Crippen LogP contribution in [0.25, 0.3) is 0 Å². The molecule has 0 radical (unpaired) electrons. The van der Waals surface area contributed by atoms with Crippen LogP contribution in [0.5, 0.6) is 0 Å². The van der Waals surface area contributed by atoms with Crippen LogP contribution in [0.1, 0.15) is 23.2 Å². The van der Waals surface area contributed by atoms with Crippen molar-refractivity contribution in [2.75, 3.05) is 32.0 Å². The van der Waals surface area contributed by atoms with Gasteiger partial charge in [-0.05, 0) is 25.0 Å². The standard InChI is InChI=1S/C18H27N5S/c1-3-16-14-23-17(24-16)10-13-22-18(19-2)21-12-7-11-20-15-8-5-4-6-9-15/h4-6,8-9,14,20H,3,7,10-13H2,1-2H3,(H2,19,21,22). The van der Waals surface area contributed by atoms with E-state index in [1.54, 1.807) is 18.4 Å². The fourth-order valence-corrected chi connectivity index (χ4v) is 3.08. The zero-order chi connectivity index (χ0) is 17.0. The lowest BCUT2D eigenvalue weighted by atomic mass is 10.3. The molecule has 1 heterocycles. The van der Waals surface area contributed by atoms with Gasteiger partial charge >= 0.3 is 0 Å². The van der Waals surface area contributed by atoms with Crippen molar-refractivity contribution in [3.63, 3.8) is 0 Å². The molecule has 0 fully saturated rings. The van der Waals surface area contributed by atoms with Gasteiger partial charge in [0.15, 0.2) is 5.96 Å². The summed E-state index contributed by atoms with van der Waals surface area (Å²) in [5.41, 5.74) is 1.16. The quantitative estimate of drug-likeness (QED) is 0.371. The molecule has 0 saturated heterocycles. The molecule has 130 valence electrons. The maximum absolute atomic E-state index is 4.43. The Bertz CT molecular complexity index is 609. The summed E-state index contributed by atoms with van der Waals surface area (Å²) in [7, 11) is 1.80. The van der Waals surface area contributed by atoms with Crippen LogP contribution in [0.4, 0.5) is 5.69 Å². The number of para-hydroxylation sites is 1. The molecule has 6 heteroatoms. The first-order valence-corrected chi connectivity index (χ1v) is 9.30. The monoisotopic (exact) mass is 345 g/mol. The Balaban J connectivity index is 1.57. The molecule has 0 saturated carbocycles. The van der Waals surface area contributed by atoms with Gasteiger partial charge in [-0.2, -0.15) is 0 Å². The normalized spacial score (nSPS) is 11.3. The first-order chi connectivity index (χ1) is 11.8. The van der Waals surface area contributed by atoms with Crippen LogP contribution in [0.3, 0.4) is 0 Å². The number of nitrogens with zero attached hydrogens (tertiary/aromatic N) is 2. The SMILES string of the molecule is CCc1cnc(CCNC(=NC)NCCCNc2ccccc2)s1. The van der Waals surface area contributed by atoms with Crippen molar-refractivity contribution < 1.29 is 0 Å². The van der Waals surface area contributed by atoms with E-state index in [4.69, 9.17) is 0 Å². The molecule has 2 rings (SSSR count). The summed E-state index contributed by atoms with van der Waals surface area (Å²) in [4.78, 5) is 10.0. The highest BCUT2D eigenvalue weighted by Gasteiger charge is 2.01. The Morgan fingerprint density at radius 2 is 1.92 bits per heavy atom. The second kappa shape index (κ2) is 10.6. The van der Waals surface area contributed by atoms with E-state index in [0.717, 1.165) is 50.5 Å². The van der Waals surface area contributed by atoms with E-state index in [2.05, 4.69) is 45.0 Å². The molecule has 3 N–H and O–H groups in total. The van der Waals surface area contributed by atoms with Gasteiger partial charge in [-0.1, -0.05) is 25.1 Å². The molecule has 0 aliphatic rings. The summed E-state index contributed by atoms with van der Waals surface area (Å²) in [6, 6.07) is 10.3. The summed E-state index contributed by atoms with van der Waals surface area (Å²) < 4.78 is 0. The van der Waals surface area contributed by atoms with E-state index in [0.29, 0.717) is 0 Å². The number of guanidine groups is 1. The van der Waals surface area contributed by atoms with Gasteiger partial charge in [0.05, 0.1) is 5.01 Å². The molecule has 1 aromatic carbocycles. The summed E-state index contributed by atoms with van der Waals surface area (Å²) in [6.07, 6.45) is 5.00. The molecule has 0 amide bonds. The van der Waals surface area contributed by atoms with Crippen molar-refractivity contribution in [1.82, 2.24) is 15.6 Å². The minimum absolute atomic E-state index is 0.846. The summed E-state index contributed by atoms with van der Waals surface area (Å²) in [6.45, 7) is 4.83. The number of aryl methyl sites for hydroxylation is 1. The van der Waals surface area contributed by atoms with E-state index in [1.165, 1.54) is 9.88 Å². The predicted octanol–water partition coefficient (Wildman–Crippen LogP) is 2.92. The van der Waals surface area contributed by atoms with Crippen LogP contribution in [0.15, 0.2) is 41.5 Å². The van der Waals surface area contributed by atoms with Crippen molar-refractivity contribution in [2.45, 2.75) is 26.2 Å². The average molecular weight is 346 g/mol. The highest BCUT2D eigenvalue weighted by atomic mass is 32.1. The second-order valence-electron chi connectivity index (χ2n) is 5.40. The Morgan fingerprint density at radius 1 is 1.12 bits per heavy atom. The van der Waals surface area contributed by atoms with Crippen molar-refractivity contribution in [3.05, 3.63) is 46.4 Å². The smallest absolute Gasteiger partial charge is 0.190 e. The fourth-order valence-electron chi connectivity index (χ4n) is 2.22. The molecule has 0 atom stereocenters. The van der Waals surface area contributed by atoms with Gasteiger partial charge in [-0.3, -0.25) is 4.99 Å². The molecular formula is C18H27N5S.